The van der Waals surface area contributed by atoms with E-state index in [-0.39, 0.29) is 36.0 Å². The molecule has 3 aromatic rings. The Kier molecular flexibility index (Phi) is 8.21. The van der Waals surface area contributed by atoms with Crippen molar-refractivity contribution in [3.63, 3.8) is 0 Å². The normalized spacial score (nSPS) is 17.9. The van der Waals surface area contributed by atoms with Crippen molar-refractivity contribution in [3.8, 4) is 5.75 Å². The number of nitrogens with zero attached hydrogens (tertiary/aromatic N) is 4. The van der Waals surface area contributed by atoms with Crippen molar-refractivity contribution in [1.29, 1.82) is 0 Å². The maximum Gasteiger partial charge on any atom is 0.229 e. The number of piperidine rings is 1. The summed E-state index contributed by atoms with van der Waals surface area (Å²) in [7, 11) is 1.65. The number of anilines is 2. The second-order valence-electron chi connectivity index (χ2n) is 10.2. The average molecular weight is 548 g/mol. The van der Waals surface area contributed by atoms with Crippen LogP contribution in [0, 0.1) is 18.8 Å². The van der Waals surface area contributed by atoms with Crippen molar-refractivity contribution in [2.24, 2.45) is 11.8 Å². The third-order valence-corrected chi connectivity index (χ3v) is 8.38. The fourth-order valence-corrected chi connectivity index (χ4v) is 5.87. The van der Waals surface area contributed by atoms with Crippen LogP contribution >= 0.6 is 11.3 Å². The summed E-state index contributed by atoms with van der Waals surface area (Å²) in [5.41, 5.74) is 3.14. The standard InChI is InChI=1S/C29H33N5O4S/c1-19-3-8-23(9-4-19)34-18-22(17-26(34)35)28(37)33-15-13-21(14-16-33)27(36)30-29-32-31-25(39-29)12-7-20-5-10-24(38-2)11-6-20/h3-6,8-11,21-22H,7,12-18H2,1-2H3,(H,30,32,36). The monoisotopic (exact) mass is 547 g/mol. The first-order valence-electron chi connectivity index (χ1n) is 13.3. The molecule has 1 N–H and O–H groups in total. The van der Waals surface area contributed by atoms with Crippen LogP contribution in [0.15, 0.2) is 48.5 Å². The Hall–Kier alpha value is -3.79. The van der Waals surface area contributed by atoms with E-state index in [1.54, 1.807) is 12.0 Å². The molecular weight excluding hydrogens is 514 g/mol. The summed E-state index contributed by atoms with van der Waals surface area (Å²) >= 11 is 1.39. The zero-order valence-electron chi connectivity index (χ0n) is 22.3. The van der Waals surface area contributed by atoms with Gasteiger partial charge in [0.05, 0.1) is 13.0 Å². The fourth-order valence-electron chi connectivity index (χ4n) is 5.12. The highest BCUT2D eigenvalue weighted by Gasteiger charge is 2.38. The molecule has 2 fully saturated rings. The summed E-state index contributed by atoms with van der Waals surface area (Å²) in [6, 6.07) is 15.7. The van der Waals surface area contributed by atoms with Crippen LogP contribution in [0.2, 0.25) is 0 Å². The molecule has 0 spiro atoms. The summed E-state index contributed by atoms with van der Waals surface area (Å²) < 4.78 is 5.20. The molecular formula is C29H33N5O4S. The highest BCUT2D eigenvalue weighted by Crippen LogP contribution is 2.29. The third-order valence-electron chi connectivity index (χ3n) is 7.48. The fraction of sp³-hybridized carbons (Fsp3) is 0.414. The number of carbonyl (C=O) groups excluding carboxylic acids is 3. The lowest BCUT2D eigenvalue weighted by Gasteiger charge is -2.32. The molecule has 1 unspecified atom stereocenters. The number of aryl methyl sites for hydroxylation is 3. The van der Waals surface area contributed by atoms with E-state index in [0.717, 1.165) is 34.8 Å². The third kappa shape index (κ3) is 6.44. The molecule has 3 amide bonds. The van der Waals surface area contributed by atoms with Crippen LogP contribution in [-0.4, -0.2) is 59.6 Å². The number of carbonyl (C=O) groups is 3. The SMILES string of the molecule is COc1ccc(CCc2nnc(NC(=O)C3CCN(C(=O)C4CC(=O)N(c5ccc(C)cc5)C4)CC3)s2)cc1. The van der Waals surface area contributed by atoms with Crippen LogP contribution in [-0.2, 0) is 27.2 Å². The van der Waals surface area contributed by atoms with E-state index in [2.05, 4.69) is 15.5 Å². The van der Waals surface area contributed by atoms with Gasteiger partial charge in [-0.3, -0.25) is 14.4 Å². The maximum absolute atomic E-state index is 13.2. The summed E-state index contributed by atoms with van der Waals surface area (Å²) in [4.78, 5) is 42.2. The van der Waals surface area contributed by atoms with Crippen LogP contribution in [0.3, 0.4) is 0 Å². The van der Waals surface area contributed by atoms with Gasteiger partial charge in [-0.25, -0.2) is 0 Å². The Morgan fingerprint density at radius 2 is 1.72 bits per heavy atom. The van der Waals surface area contributed by atoms with Gasteiger partial charge in [0.25, 0.3) is 0 Å². The highest BCUT2D eigenvalue weighted by molar-refractivity contribution is 7.15. The maximum atomic E-state index is 13.2. The number of methoxy groups -OCH3 is 1. The molecule has 0 aliphatic carbocycles. The lowest BCUT2D eigenvalue weighted by atomic mass is 9.94. The van der Waals surface area contributed by atoms with Crippen molar-refractivity contribution in [2.45, 2.75) is 39.0 Å². The van der Waals surface area contributed by atoms with Gasteiger partial charge in [-0.05, 0) is 56.0 Å². The summed E-state index contributed by atoms with van der Waals surface area (Å²) in [5, 5.41) is 12.7. The predicted octanol–water partition coefficient (Wildman–Crippen LogP) is 3.87. The minimum Gasteiger partial charge on any atom is -0.497 e. The number of rotatable bonds is 8. The molecule has 0 bridgehead atoms. The van der Waals surface area contributed by atoms with Crippen LogP contribution < -0.4 is 15.0 Å². The first-order chi connectivity index (χ1) is 18.9. The van der Waals surface area contributed by atoms with Gasteiger partial charge in [0.1, 0.15) is 10.8 Å². The van der Waals surface area contributed by atoms with Crippen molar-refractivity contribution in [3.05, 3.63) is 64.7 Å². The molecule has 204 valence electrons. The first-order valence-corrected chi connectivity index (χ1v) is 14.1. The van der Waals surface area contributed by atoms with Crippen molar-refractivity contribution in [1.82, 2.24) is 15.1 Å². The molecule has 5 rings (SSSR count). The average Bonchev–Trinajstić information content (AvgIpc) is 3.58. The quantitative estimate of drug-likeness (QED) is 0.459. The van der Waals surface area contributed by atoms with Gasteiger partial charge in [0.15, 0.2) is 0 Å². The molecule has 0 saturated carbocycles. The summed E-state index contributed by atoms with van der Waals surface area (Å²) in [5.74, 6) is 0.195. The van der Waals surface area contributed by atoms with Crippen molar-refractivity contribution < 1.29 is 19.1 Å². The van der Waals surface area contributed by atoms with E-state index in [1.807, 2.05) is 60.4 Å². The number of nitrogens with one attached hydrogen (secondary N) is 1. The summed E-state index contributed by atoms with van der Waals surface area (Å²) in [6.45, 7) is 3.42. The second kappa shape index (κ2) is 11.9. The number of ether oxygens (including phenoxy) is 1. The zero-order valence-corrected chi connectivity index (χ0v) is 23.1. The number of hydrogen-bond acceptors (Lipinski definition) is 7. The molecule has 10 heteroatoms. The van der Waals surface area contributed by atoms with E-state index in [9.17, 15) is 14.4 Å². The Labute approximate surface area is 232 Å². The van der Waals surface area contributed by atoms with E-state index in [0.29, 0.717) is 37.6 Å². The van der Waals surface area contributed by atoms with Crippen molar-refractivity contribution in [2.75, 3.05) is 37.0 Å². The van der Waals surface area contributed by atoms with Gasteiger partial charge in [-0.15, -0.1) is 10.2 Å². The number of amides is 3. The molecule has 2 saturated heterocycles. The van der Waals surface area contributed by atoms with E-state index in [4.69, 9.17) is 4.74 Å². The van der Waals surface area contributed by atoms with Gasteiger partial charge >= 0.3 is 0 Å². The lowest BCUT2D eigenvalue weighted by molar-refractivity contribution is -0.138. The van der Waals surface area contributed by atoms with Gasteiger partial charge in [0.2, 0.25) is 22.9 Å². The molecule has 0 radical (unpaired) electrons. The molecule has 3 heterocycles. The molecule has 2 aliphatic heterocycles. The number of aromatic nitrogens is 2. The topological polar surface area (TPSA) is 105 Å². The van der Waals surface area contributed by atoms with Crippen LogP contribution in [0.4, 0.5) is 10.8 Å². The minimum absolute atomic E-state index is 0.00226. The predicted molar refractivity (Wildman–Crippen MR) is 150 cm³/mol. The lowest BCUT2D eigenvalue weighted by Crippen LogP contribution is -2.44. The molecule has 39 heavy (non-hydrogen) atoms. The molecule has 9 nitrogen and oxygen atoms in total. The minimum atomic E-state index is -0.345. The molecule has 1 aromatic heterocycles. The molecule has 2 aromatic carbocycles. The largest absolute Gasteiger partial charge is 0.497 e. The van der Waals surface area contributed by atoms with E-state index < -0.39 is 0 Å². The smallest absolute Gasteiger partial charge is 0.229 e. The second-order valence-corrected chi connectivity index (χ2v) is 11.2. The van der Waals surface area contributed by atoms with Gasteiger partial charge in [-0.1, -0.05) is 41.2 Å². The van der Waals surface area contributed by atoms with E-state index in [1.165, 1.54) is 16.9 Å². The van der Waals surface area contributed by atoms with Gasteiger partial charge in [-0.2, -0.15) is 0 Å². The number of likely N-dealkylation sites (tertiary alicyclic amines) is 1. The Bertz CT molecular complexity index is 1320. The summed E-state index contributed by atoms with van der Waals surface area (Å²) in [6.07, 6.45) is 2.97. The van der Waals surface area contributed by atoms with Gasteiger partial charge in [0, 0.05) is 44.1 Å². The Morgan fingerprint density at radius 3 is 2.41 bits per heavy atom. The molecule has 2 aliphatic rings. The van der Waals surface area contributed by atoms with Crippen molar-refractivity contribution >= 4 is 39.9 Å². The Morgan fingerprint density at radius 1 is 1.00 bits per heavy atom. The van der Waals surface area contributed by atoms with Gasteiger partial charge < -0.3 is 19.9 Å². The first kappa shape index (κ1) is 26.8. The van der Waals surface area contributed by atoms with Crippen LogP contribution in [0.5, 0.6) is 5.75 Å². The van der Waals surface area contributed by atoms with Crippen LogP contribution in [0.25, 0.3) is 0 Å². The molecule has 1 atom stereocenters. The van der Waals surface area contributed by atoms with E-state index >= 15 is 0 Å². The number of benzene rings is 2. The zero-order chi connectivity index (χ0) is 27.4. The highest BCUT2D eigenvalue weighted by atomic mass is 32.1. The Balaban J connectivity index is 1.07. The van der Waals surface area contributed by atoms with Crippen LogP contribution in [0.1, 0.15) is 35.4 Å². The number of hydrogen-bond donors (Lipinski definition) is 1.